The Hall–Kier alpha value is -3.75. The lowest BCUT2D eigenvalue weighted by Crippen LogP contribution is -2.55. The van der Waals surface area contributed by atoms with Crippen LogP contribution in [-0.4, -0.2) is 49.9 Å². The van der Waals surface area contributed by atoms with Crippen LogP contribution in [0, 0.1) is 17.7 Å². The molecule has 2 aliphatic rings. The maximum Gasteiger partial charge on any atom is 0.247 e. The van der Waals surface area contributed by atoms with E-state index in [0.717, 1.165) is 16.9 Å². The maximum atomic E-state index is 13.6. The van der Waals surface area contributed by atoms with Crippen molar-refractivity contribution in [2.75, 3.05) is 42.4 Å². The molecule has 2 N–H and O–H groups in total. The number of hydrazine groups is 1. The van der Waals surface area contributed by atoms with Gasteiger partial charge >= 0.3 is 0 Å². The number of likely N-dealkylation sites (tertiary alicyclic amines) is 1. The first-order chi connectivity index (χ1) is 17.4. The van der Waals surface area contributed by atoms with E-state index in [1.54, 1.807) is 17.1 Å². The number of benzene rings is 3. The predicted octanol–water partition coefficient (Wildman–Crippen LogP) is 3.50. The minimum Gasteiger partial charge on any atom is -0.378 e. The van der Waals surface area contributed by atoms with E-state index in [-0.39, 0.29) is 29.6 Å². The average Bonchev–Trinajstić information content (AvgIpc) is 3.22. The third-order valence-electron chi connectivity index (χ3n) is 6.91. The molecule has 2 fully saturated rings. The Bertz CT molecular complexity index is 1220. The SMILES string of the molecule is CN(C)c1ccc(NC(=O)C2CN(Cc3ccc(F)cc3)CC3C(=O)N(c4ccccc4)NC23)cc1. The number of hydrogen-bond donors (Lipinski definition) is 2. The molecule has 2 heterocycles. The van der Waals surface area contributed by atoms with Crippen LogP contribution in [0.2, 0.25) is 0 Å². The van der Waals surface area contributed by atoms with Crippen LogP contribution in [0.4, 0.5) is 21.5 Å². The number of carbonyl (C=O) groups is 2. The molecule has 3 aromatic rings. The highest BCUT2D eigenvalue weighted by Gasteiger charge is 2.50. The number of anilines is 3. The van der Waals surface area contributed by atoms with Crippen molar-refractivity contribution in [3.05, 3.63) is 90.2 Å². The summed E-state index contributed by atoms with van der Waals surface area (Å²) >= 11 is 0. The number of nitrogens with zero attached hydrogens (tertiary/aromatic N) is 3. The summed E-state index contributed by atoms with van der Waals surface area (Å²) in [6, 6.07) is 23.1. The molecule has 36 heavy (non-hydrogen) atoms. The van der Waals surface area contributed by atoms with Crippen LogP contribution in [-0.2, 0) is 16.1 Å². The number of hydrogen-bond acceptors (Lipinski definition) is 5. The fourth-order valence-corrected chi connectivity index (χ4v) is 5.01. The minimum atomic E-state index is -0.463. The molecule has 0 aliphatic carbocycles. The molecular formula is C28H30FN5O2. The van der Waals surface area contributed by atoms with Gasteiger partial charge in [-0.3, -0.25) is 14.5 Å². The monoisotopic (exact) mass is 487 g/mol. The Labute approximate surface area is 210 Å². The number of fused-ring (bicyclic) bond motifs is 1. The molecule has 2 aliphatic heterocycles. The summed E-state index contributed by atoms with van der Waals surface area (Å²) in [7, 11) is 3.93. The summed E-state index contributed by atoms with van der Waals surface area (Å²) < 4.78 is 13.4. The largest absolute Gasteiger partial charge is 0.378 e. The molecule has 0 radical (unpaired) electrons. The van der Waals surface area contributed by atoms with Crippen molar-refractivity contribution in [2.45, 2.75) is 12.6 Å². The smallest absolute Gasteiger partial charge is 0.247 e. The van der Waals surface area contributed by atoms with E-state index >= 15 is 0 Å². The zero-order valence-electron chi connectivity index (χ0n) is 20.4. The first kappa shape index (κ1) is 24.0. The molecule has 3 atom stereocenters. The highest BCUT2D eigenvalue weighted by molar-refractivity contribution is 6.00. The summed E-state index contributed by atoms with van der Waals surface area (Å²) in [6.45, 7) is 1.52. The van der Waals surface area contributed by atoms with Crippen LogP contribution in [0.15, 0.2) is 78.9 Å². The molecule has 5 rings (SSSR count). The molecule has 8 heteroatoms. The van der Waals surface area contributed by atoms with Crippen LogP contribution in [0.25, 0.3) is 0 Å². The molecule has 0 spiro atoms. The van der Waals surface area contributed by atoms with Gasteiger partial charge in [0.25, 0.3) is 0 Å². The van der Waals surface area contributed by atoms with Gasteiger partial charge in [-0.05, 0) is 54.1 Å². The van der Waals surface area contributed by atoms with Crippen LogP contribution in [0.3, 0.4) is 0 Å². The Morgan fingerprint density at radius 2 is 1.69 bits per heavy atom. The van der Waals surface area contributed by atoms with E-state index in [2.05, 4.69) is 15.6 Å². The summed E-state index contributed by atoms with van der Waals surface area (Å²) in [5.74, 6) is -1.32. The molecule has 0 aromatic heterocycles. The second-order valence-electron chi connectivity index (χ2n) is 9.63. The quantitative estimate of drug-likeness (QED) is 0.557. The van der Waals surface area contributed by atoms with Crippen molar-refractivity contribution < 1.29 is 14.0 Å². The first-order valence-electron chi connectivity index (χ1n) is 12.1. The van der Waals surface area contributed by atoms with Gasteiger partial charge in [-0.1, -0.05) is 30.3 Å². The Kier molecular flexibility index (Phi) is 6.71. The number of para-hydroxylation sites is 1. The van der Waals surface area contributed by atoms with Gasteiger partial charge in [0, 0.05) is 45.1 Å². The number of piperidine rings is 1. The summed E-state index contributed by atoms with van der Waals surface area (Å²) in [4.78, 5) is 31.1. The second kappa shape index (κ2) is 10.1. The van der Waals surface area contributed by atoms with Crippen LogP contribution in [0.1, 0.15) is 5.56 Å². The van der Waals surface area contributed by atoms with E-state index in [1.165, 1.54) is 12.1 Å². The van der Waals surface area contributed by atoms with E-state index in [9.17, 15) is 14.0 Å². The van der Waals surface area contributed by atoms with Crippen molar-refractivity contribution in [3.63, 3.8) is 0 Å². The van der Waals surface area contributed by atoms with Gasteiger partial charge in [-0.25, -0.2) is 14.8 Å². The summed E-state index contributed by atoms with van der Waals surface area (Å²) in [6.07, 6.45) is 0. The molecule has 0 bridgehead atoms. The standard InChI is InChI=1S/C28H30FN5O2/c1-32(2)22-14-12-21(13-15-22)30-27(35)24-17-33(16-19-8-10-20(29)11-9-19)18-25-26(24)31-34(28(25)36)23-6-4-3-5-7-23/h3-15,24-26,31H,16-18H2,1-2H3,(H,30,35). The molecule has 2 amide bonds. The van der Waals surface area contributed by atoms with E-state index in [4.69, 9.17) is 0 Å². The Balaban J connectivity index is 1.39. The van der Waals surface area contributed by atoms with Crippen LogP contribution >= 0.6 is 0 Å². The van der Waals surface area contributed by atoms with Crippen molar-refractivity contribution >= 4 is 28.9 Å². The van der Waals surface area contributed by atoms with Gasteiger partial charge in [0.2, 0.25) is 11.8 Å². The van der Waals surface area contributed by atoms with Gasteiger partial charge in [0.1, 0.15) is 5.82 Å². The van der Waals surface area contributed by atoms with E-state index in [0.29, 0.717) is 25.3 Å². The second-order valence-corrected chi connectivity index (χ2v) is 9.63. The fourth-order valence-electron chi connectivity index (χ4n) is 5.01. The highest BCUT2D eigenvalue weighted by atomic mass is 19.1. The molecule has 186 valence electrons. The Morgan fingerprint density at radius 1 is 1.00 bits per heavy atom. The molecule has 7 nitrogen and oxygen atoms in total. The van der Waals surface area contributed by atoms with Crippen LogP contribution < -0.4 is 20.7 Å². The lowest BCUT2D eigenvalue weighted by atomic mass is 9.83. The summed E-state index contributed by atoms with van der Waals surface area (Å²) in [5, 5.41) is 4.62. The number of amides is 2. The third-order valence-corrected chi connectivity index (χ3v) is 6.91. The van der Waals surface area contributed by atoms with Crippen molar-refractivity contribution in [3.8, 4) is 0 Å². The van der Waals surface area contributed by atoms with Gasteiger partial charge < -0.3 is 10.2 Å². The van der Waals surface area contributed by atoms with Gasteiger partial charge in [0.05, 0.1) is 23.6 Å². The van der Waals surface area contributed by atoms with Gasteiger partial charge in [-0.15, -0.1) is 0 Å². The van der Waals surface area contributed by atoms with E-state index < -0.39 is 5.92 Å². The van der Waals surface area contributed by atoms with Crippen LogP contribution in [0.5, 0.6) is 0 Å². The van der Waals surface area contributed by atoms with Crippen molar-refractivity contribution in [1.29, 1.82) is 0 Å². The van der Waals surface area contributed by atoms with Crippen molar-refractivity contribution in [1.82, 2.24) is 10.3 Å². The first-order valence-corrected chi connectivity index (χ1v) is 12.1. The van der Waals surface area contributed by atoms with Gasteiger partial charge in [-0.2, -0.15) is 0 Å². The number of nitrogens with one attached hydrogen (secondary N) is 2. The lowest BCUT2D eigenvalue weighted by Gasteiger charge is -2.38. The fraction of sp³-hybridized carbons (Fsp3) is 0.286. The number of carbonyl (C=O) groups excluding carboxylic acids is 2. The zero-order chi connectivity index (χ0) is 25.2. The Morgan fingerprint density at radius 3 is 2.36 bits per heavy atom. The molecule has 0 saturated carbocycles. The van der Waals surface area contributed by atoms with Gasteiger partial charge in [0.15, 0.2) is 0 Å². The average molecular weight is 488 g/mol. The van der Waals surface area contributed by atoms with Crippen molar-refractivity contribution in [2.24, 2.45) is 11.8 Å². The minimum absolute atomic E-state index is 0.0526. The normalized spacial score (nSPS) is 21.8. The highest BCUT2D eigenvalue weighted by Crippen LogP contribution is 2.33. The molecule has 3 aromatic carbocycles. The molecular weight excluding hydrogens is 457 g/mol. The topological polar surface area (TPSA) is 67.9 Å². The number of halogens is 1. The third kappa shape index (κ3) is 4.96. The van der Waals surface area contributed by atoms with E-state index in [1.807, 2.05) is 73.6 Å². The number of rotatable bonds is 6. The lowest BCUT2D eigenvalue weighted by molar-refractivity contribution is -0.126. The molecule has 3 unspecified atom stereocenters. The predicted molar refractivity (Wildman–Crippen MR) is 139 cm³/mol. The molecule has 2 saturated heterocycles. The summed E-state index contributed by atoms with van der Waals surface area (Å²) in [5.41, 5.74) is 6.77. The maximum absolute atomic E-state index is 13.6. The zero-order valence-corrected chi connectivity index (χ0v) is 20.4.